The van der Waals surface area contributed by atoms with E-state index in [1.807, 2.05) is 0 Å². The van der Waals surface area contributed by atoms with Gasteiger partial charge in [-0.3, -0.25) is 9.59 Å². The third kappa shape index (κ3) is 12.9. The Bertz CT molecular complexity index is 2180. The molecule has 4 rings (SSSR count). The number of nitrogens with two attached hydrogens (primary N) is 2. The van der Waals surface area contributed by atoms with Gasteiger partial charge in [0.05, 0.1) is 30.4 Å². The third-order valence-electron chi connectivity index (χ3n) is 7.33. The van der Waals surface area contributed by atoms with Crippen LogP contribution in [0.25, 0.3) is 12.2 Å². The monoisotopic (exact) mass is 792 g/mol. The lowest BCUT2D eigenvalue weighted by atomic mass is 10.1. The van der Waals surface area contributed by atoms with E-state index in [1.165, 1.54) is 111 Å². The van der Waals surface area contributed by atoms with Crippen molar-refractivity contribution in [3.05, 3.63) is 108 Å². The molecule has 0 saturated heterocycles. The van der Waals surface area contributed by atoms with Gasteiger partial charge in [0.1, 0.15) is 13.1 Å². The summed E-state index contributed by atoms with van der Waals surface area (Å²) >= 11 is 0. The molecule has 0 aliphatic carbocycles. The van der Waals surface area contributed by atoms with E-state index >= 15 is 0 Å². The highest BCUT2D eigenvalue weighted by molar-refractivity contribution is 7.89. The maximum atomic E-state index is 12.5. The zero-order valence-corrected chi connectivity index (χ0v) is 31.0. The molecule has 0 spiro atoms. The summed E-state index contributed by atoms with van der Waals surface area (Å²) in [5.74, 6) is -1.59. The van der Waals surface area contributed by atoms with Crippen LogP contribution in [0.4, 0.5) is 11.4 Å². The zero-order valence-electron chi connectivity index (χ0n) is 29.4. The van der Waals surface area contributed by atoms with E-state index < -0.39 is 50.0 Å². The Morgan fingerprint density at radius 3 is 1.25 bits per heavy atom. The van der Waals surface area contributed by atoms with E-state index in [4.69, 9.17) is 29.2 Å². The minimum Gasteiger partial charge on any atom is -0.493 e. The van der Waals surface area contributed by atoms with Crippen molar-refractivity contribution in [2.45, 2.75) is 16.2 Å². The summed E-state index contributed by atoms with van der Waals surface area (Å²) in [6.07, 6.45) is 5.01. The van der Waals surface area contributed by atoms with Gasteiger partial charge in [0, 0.05) is 11.4 Å². The Morgan fingerprint density at radius 1 is 0.564 bits per heavy atom. The van der Waals surface area contributed by atoms with Gasteiger partial charge in [-0.05, 0) is 96.1 Å². The Morgan fingerprint density at radius 2 is 0.927 bits per heavy atom. The molecule has 4 aromatic carbocycles. The minimum atomic E-state index is -3.84. The Hall–Kier alpha value is -6.34. The largest absolute Gasteiger partial charge is 0.493 e. The van der Waals surface area contributed by atoms with Gasteiger partial charge < -0.3 is 29.6 Å². The molecule has 0 aromatic heterocycles. The molecule has 16 nitrogen and oxygen atoms in total. The van der Waals surface area contributed by atoms with Crippen LogP contribution < -0.4 is 39.9 Å². The molecule has 288 valence electrons. The Balaban J connectivity index is 1.25. The molecule has 0 bridgehead atoms. The quantitative estimate of drug-likeness (QED) is 0.0489. The minimum absolute atomic E-state index is 0.0712. The van der Waals surface area contributed by atoms with Gasteiger partial charge >= 0.3 is 11.9 Å². The number of sulfonamides is 2. The van der Waals surface area contributed by atoms with Crippen LogP contribution in [0.5, 0.6) is 23.0 Å². The van der Waals surface area contributed by atoms with Crippen molar-refractivity contribution in [3.63, 3.8) is 0 Å². The van der Waals surface area contributed by atoms with E-state index in [2.05, 4.69) is 10.6 Å². The molecule has 6 N–H and O–H groups in total. The predicted octanol–water partition coefficient (Wildman–Crippen LogP) is 3.29. The van der Waals surface area contributed by atoms with E-state index in [0.717, 1.165) is 0 Å². The lowest BCUT2D eigenvalue weighted by Crippen LogP contribution is -2.20. The van der Waals surface area contributed by atoms with Crippen molar-refractivity contribution in [2.24, 2.45) is 10.3 Å². The lowest BCUT2D eigenvalue weighted by molar-refractivity contribution is -0.133. The zero-order chi connectivity index (χ0) is 40.2. The van der Waals surface area contributed by atoms with Crippen LogP contribution in [-0.2, 0) is 39.2 Å². The maximum absolute atomic E-state index is 12.5. The molecular weight excluding hydrogens is 757 g/mol. The number of ether oxygens (including phenoxy) is 4. The van der Waals surface area contributed by atoms with E-state index in [1.54, 1.807) is 12.1 Å². The van der Waals surface area contributed by atoms with Crippen molar-refractivity contribution < 1.29 is 55.0 Å². The van der Waals surface area contributed by atoms with Crippen LogP contribution in [0.1, 0.15) is 17.5 Å². The predicted molar refractivity (Wildman–Crippen MR) is 203 cm³/mol. The molecule has 0 heterocycles. The third-order valence-corrected chi connectivity index (χ3v) is 9.19. The summed E-state index contributed by atoms with van der Waals surface area (Å²) < 4.78 is 67.0. The first-order valence-corrected chi connectivity index (χ1v) is 19.1. The summed E-state index contributed by atoms with van der Waals surface area (Å²) in [5.41, 5.74) is 1.99. The summed E-state index contributed by atoms with van der Waals surface area (Å²) in [4.78, 5) is 49.7. The number of anilines is 2. The number of esters is 2. The Kier molecular flexibility index (Phi) is 14.0. The average Bonchev–Trinajstić information content (AvgIpc) is 3.15. The summed E-state index contributed by atoms with van der Waals surface area (Å²) in [6.45, 7) is -0.480. The first-order valence-electron chi connectivity index (χ1n) is 16.0. The van der Waals surface area contributed by atoms with Crippen LogP contribution >= 0.6 is 0 Å². The number of nitrogens with one attached hydrogen (secondary N) is 2. The van der Waals surface area contributed by atoms with Gasteiger partial charge in [0.15, 0.2) is 34.6 Å². The van der Waals surface area contributed by atoms with Crippen LogP contribution in [0.2, 0.25) is 0 Å². The van der Waals surface area contributed by atoms with Gasteiger partial charge in [-0.25, -0.2) is 36.7 Å². The first kappa shape index (κ1) is 41.4. The van der Waals surface area contributed by atoms with Gasteiger partial charge in [-0.2, -0.15) is 0 Å². The average molecular weight is 793 g/mol. The van der Waals surface area contributed by atoms with Crippen LogP contribution in [0.15, 0.2) is 107 Å². The van der Waals surface area contributed by atoms with Gasteiger partial charge in [0.2, 0.25) is 20.0 Å². The van der Waals surface area contributed by atoms with E-state index in [0.29, 0.717) is 22.5 Å². The number of ketones is 2. The van der Waals surface area contributed by atoms with Crippen LogP contribution in [0, 0.1) is 0 Å². The molecule has 4 aromatic rings. The molecule has 0 unspecified atom stereocenters. The van der Waals surface area contributed by atoms with Crippen molar-refractivity contribution in [1.29, 1.82) is 0 Å². The number of benzene rings is 4. The van der Waals surface area contributed by atoms with E-state index in [-0.39, 0.29) is 45.9 Å². The Labute approximate surface area is 316 Å². The number of methoxy groups -OCH3 is 2. The second-order valence-corrected chi connectivity index (χ2v) is 14.5. The smallest absolute Gasteiger partial charge is 0.330 e. The fourth-order valence-electron chi connectivity index (χ4n) is 4.60. The van der Waals surface area contributed by atoms with Crippen molar-refractivity contribution in [3.8, 4) is 23.0 Å². The molecule has 0 aliphatic rings. The summed E-state index contributed by atoms with van der Waals surface area (Å²) in [5, 5.41) is 15.8. The summed E-state index contributed by atoms with van der Waals surface area (Å²) in [7, 11) is -4.94. The van der Waals surface area contributed by atoms with Crippen LogP contribution in [0.3, 0.4) is 0 Å². The van der Waals surface area contributed by atoms with Crippen molar-refractivity contribution in [2.75, 3.05) is 37.9 Å². The molecule has 0 radical (unpaired) electrons. The molecule has 55 heavy (non-hydrogen) atoms. The molecule has 0 fully saturated rings. The molecule has 18 heteroatoms. The van der Waals surface area contributed by atoms with E-state index in [9.17, 15) is 36.0 Å². The molecular formula is C37H36N4O12S2. The second kappa shape index (κ2) is 18.6. The number of hydrogen-bond acceptors (Lipinski definition) is 14. The number of carbonyl (C=O) groups is 4. The second-order valence-electron chi connectivity index (χ2n) is 11.4. The van der Waals surface area contributed by atoms with Gasteiger partial charge in [-0.1, -0.05) is 24.3 Å². The molecule has 0 atom stereocenters. The van der Waals surface area contributed by atoms with Crippen LogP contribution in [-0.4, -0.2) is 67.6 Å². The highest BCUT2D eigenvalue weighted by atomic mass is 32.2. The lowest BCUT2D eigenvalue weighted by Gasteiger charge is -2.11. The highest BCUT2D eigenvalue weighted by Crippen LogP contribution is 2.30. The van der Waals surface area contributed by atoms with Crippen molar-refractivity contribution >= 4 is 67.1 Å². The standard InChI is InChI=1S/C37H36N4O12S2/c1-50-34-19-24(5-17-32(34)52-36(44)22-40-26-7-13-30(14-8-26)54(38,46)47)3-11-28(42)21-29(43)12-4-25-6-18-33(35(20-25)51-2)53-37(45)23-41-27-9-15-31(16-10-27)55(39,48)49/h3-20,40-41H,21-23H2,1-2H3,(H2,38,46,47)(H2,39,48,49)/b11-3+,12-4+. The number of carbonyl (C=O) groups excluding carboxylic acids is 4. The van der Waals surface area contributed by atoms with Gasteiger partial charge in [0.25, 0.3) is 0 Å². The SMILES string of the molecule is COc1cc(/C=C/C(=O)CC(=O)/C=C/c2ccc(OC(=O)CNc3ccc(S(N)(=O)=O)cc3)c(OC)c2)ccc1OC(=O)CNc1ccc(S(N)(=O)=O)cc1. The van der Waals surface area contributed by atoms with Gasteiger partial charge in [-0.15, -0.1) is 0 Å². The maximum Gasteiger partial charge on any atom is 0.330 e. The number of rotatable bonds is 18. The highest BCUT2D eigenvalue weighted by Gasteiger charge is 2.14. The van der Waals surface area contributed by atoms with Crippen molar-refractivity contribution in [1.82, 2.24) is 0 Å². The molecule has 0 aliphatic heterocycles. The topological polar surface area (TPSA) is 250 Å². The normalized spacial score (nSPS) is 11.6. The number of hydrogen-bond donors (Lipinski definition) is 4. The fraction of sp³-hybridized carbons (Fsp3) is 0.135. The number of allylic oxidation sites excluding steroid dienone is 2. The molecule has 0 amide bonds. The summed E-state index contributed by atoms with van der Waals surface area (Å²) in [6, 6.07) is 20.2. The fourth-order valence-corrected chi connectivity index (χ4v) is 5.63. The molecule has 0 saturated carbocycles. The number of primary sulfonamides is 2. The first-order chi connectivity index (χ1) is 26.0.